The molecule has 110 valence electrons. The molecule has 0 aliphatic rings. The second-order valence-electron chi connectivity index (χ2n) is 5.12. The molecule has 3 aromatic rings. The number of nitrogens with zero attached hydrogens (tertiary/aromatic N) is 1. The average Bonchev–Trinajstić information content (AvgIpc) is 2.57. The second-order valence-corrected chi connectivity index (χ2v) is 7.38. The second kappa shape index (κ2) is 6.16. The van der Waals surface area contributed by atoms with Crippen molar-refractivity contribution < 1.29 is 4.21 Å². The molecule has 0 aromatic heterocycles. The number of benzene rings is 3. The van der Waals surface area contributed by atoms with Gasteiger partial charge in [0.1, 0.15) is 0 Å². The van der Waals surface area contributed by atoms with Crippen LogP contribution in [0.15, 0.2) is 94.2 Å². The maximum Gasteiger partial charge on any atom is 0.0771 e. The zero-order valence-corrected chi connectivity index (χ0v) is 13.2. The molecular formula is C19H17NOS. The third-order valence-corrected chi connectivity index (χ3v) is 5.14. The highest BCUT2D eigenvalue weighted by atomic mass is 32.2. The Kier molecular flexibility index (Phi) is 4.07. The van der Waals surface area contributed by atoms with Crippen molar-refractivity contribution in [2.45, 2.75) is 4.90 Å². The van der Waals surface area contributed by atoms with E-state index in [2.05, 4.69) is 16.5 Å². The van der Waals surface area contributed by atoms with E-state index in [1.54, 1.807) is 6.26 Å². The zero-order valence-electron chi connectivity index (χ0n) is 12.3. The van der Waals surface area contributed by atoms with Gasteiger partial charge in [-0.25, -0.2) is 4.21 Å². The van der Waals surface area contributed by atoms with Crippen molar-refractivity contribution in [3.8, 4) is 11.1 Å². The monoisotopic (exact) mass is 307 g/mol. The lowest BCUT2D eigenvalue weighted by Gasteiger charge is -2.05. The van der Waals surface area contributed by atoms with Crippen molar-refractivity contribution in [1.29, 1.82) is 0 Å². The molecule has 22 heavy (non-hydrogen) atoms. The van der Waals surface area contributed by atoms with Gasteiger partial charge < -0.3 is 0 Å². The molecule has 0 fully saturated rings. The van der Waals surface area contributed by atoms with Crippen molar-refractivity contribution in [1.82, 2.24) is 0 Å². The summed E-state index contributed by atoms with van der Waals surface area (Å²) in [4.78, 5) is 0.752. The highest BCUT2D eigenvalue weighted by Gasteiger charge is 2.05. The van der Waals surface area contributed by atoms with E-state index in [9.17, 15) is 4.21 Å². The summed E-state index contributed by atoms with van der Waals surface area (Å²) in [6, 6.07) is 27.4. The molecule has 0 radical (unpaired) electrons. The first-order valence-corrected chi connectivity index (χ1v) is 9.00. The number of hydrogen-bond acceptors (Lipinski definition) is 2. The SMILES string of the molecule is CS(=O)(=Nc1ccc(-c2ccccc2)cc1)c1ccccc1. The molecular weight excluding hydrogens is 290 g/mol. The Morgan fingerprint density at radius 1 is 0.682 bits per heavy atom. The normalized spacial score (nSPS) is 13.3. The van der Waals surface area contributed by atoms with Crippen LogP contribution in [-0.4, -0.2) is 10.5 Å². The van der Waals surface area contributed by atoms with E-state index in [1.165, 1.54) is 0 Å². The summed E-state index contributed by atoms with van der Waals surface area (Å²) in [7, 11) is -2.42. The molecule has 0 aliphatic heterocycles. The summed E-state index contributed by atoms with van der Waals surface area (Å²) in [5, 5.41) is 0. The molecule has 1 unspecified atom stereocenters. The smallest absolute Gasteiger partial charge is 0.0771 e. The lowest BCUT2D eigenvalue weighted by molar-refractivity contribution is 0.681. The van der Waals surface area contributed by atoms with Crippen LogP contribution in [0, 0.1) is 0 Å². The minimum atomic E-state index is -2.42. The molecule has 0 saturated heterocycles. The Balaban J connectivity index is 1.94. The molecule has 0 aliphatic carbocycles. The Morgan fingerprint density at radius 3 is 1.77 bits per heavy atom. The first-order chi connectivity index (χ1) is 10.6. The van der Waals surface area contributed by atoms with Gasteiger partial charge in [-0.1, -0.05) is 60.7 Å². The largest absolute Gasteiger partial charge is 0.245 e. The van der Waals surface area contributed by atoms with Gasteiger partial charge in [-0.2, -0.15) is 4.36 Å². The van der Waals surface area contributed by atoms with Crippen molar-refractivity contribution in [2.24, 2.45) is 4.36 Å². The lowest BCUT2D eigenvalue weighted by Crippen LogP contribution is -1.96. The lowest BCUT2D eigenvalue weighted by atomic mass is 10.1. The van der Waals surface area contributed by atoms with Crippen LogP contribution < -0.4 is 0 Å². The Hall–Kier alpha value is -2.39. The summed E-state index contributed by atoms with van der Waals surface area (Å²) in [5.74, 6) is 0. The van der Waals surface area contributed by atoms with E-state index in [0.717, 1.165) is 21.7 Å². The molecule has 0 bridgehead atoms. The first-order valence-electron chi connectivity index (χ1n) is 7.08. The molecule has 0 spiro atoms. The van der Waals surface area contributed by atoms with Gasteiger partial charge in [-0.3, -0.25) is 0 Å². The highest BCUT2D eigenvalue weighted by molar-refractivity contribution is 7.93. The van der Waals surface area contributed by atoms with E-state index < -0.39 is 9.73 Å². The van der Waals surface area contributed by atoms with Crippen LogP contribution in [-0.2, 0) is 9.73 Å². The summed E-state index contributed by atoms with van der Waals surface area (Å²) >= 11 is 0. The third-order valence-electron chi connectivity index (χ3n) is 3.43. The summed E-state index contributed by atoms with van der Waals surface area (Å²) in [5.41, 5.74) is 3.02. The quantitative estimate of drug-likeness (QED) is 0.658. The zero-order chi connectivity index (χ0) is 15.4. The molecule has 0 N–H and O–H groups in total. The topological polar surface area (TPSA) is 29.4 Å². The van der Waals surface area contributed by atoms with Crippen molar-refractivity contribution in [3.63, 3.8) is 0 Å². The van der Waals surface area contributed by atoms with Gasteiger partial charge in [0.2, 0.25) is 0 Å². The summed E-state index contributed by atoms with van der Waals surface area (Å²) < 4.78 is 17.2. The molecule has 0 amide bonds. The van der Waals surface area contributed by atoms with Crippen LogP contribution in [0.1, 0.15) is 0 Å². The summed E-state index contributed by atoms with van der Waals surface area (Å²) in [6.45, 7) is 0. The molecule has 1 atom stereocenters. The van der Waals surface area contributed by atoms with Gasteiger partial charge in [0.05, 0.1) is 15.4 Å². The molecule has 3 heteroatoms. The first kappa shape index (κ1) is 14.5. The number of hydrogen-bond donors (Lipinski definition) is 0. The van der Waals surface area contributed by atoms with E-state index in [1.807, 2.05) is 72.8 Å². The van der Waals surface area contributed by atoms with Gasteiger partial charge in [0.15, 0.2) is 0 Å². The predicted molar refractivity (Wildman–Crippen MR) is 92.7 cm³/mol. The van der Waals surface area contributed by atoms with Gasteiger partial charge in [0, 0.05) is 11.2 Å². The average molecular weight is 307 g/mol. The van der Waals surface area contributed by atoms with E-state index in [4.69, 9.17) is 0 Å². The Labute approximate surface area is 131 Å². The predicted octanol–water partition coefficient (Wildman–Crippen LogP) is 5.14. The maximum absolute atomic E-state index is 12.7. The fraction of sp³-hybridized carbons (Fsp3) is 0.0526. The molecule has 0 heterocycles. The molecule has 2 nitrogen and oxygen atoms in total. The van der Waals surface area contributed by atoms with Crippen LogP contribution >= 0.6 is 0 Å². The maximum atomic E-state index is 12.7. The van der Waals surface area contributed by atoms with Crippen LogP contribution in [0.3, 0.4) is 0 Å². The van der Waals surface area contributed by atoms with E-state index >= 15 is 0 Å². The van der Waals surface area contributed by atoms with Gasteiger partial charge >= 0.3 is 0 Å². The molecule has 0 saturated carbocycles. The van der Waals surface area contributed by atoms with E-state index in [-0.39, 0.29) is 0 Å². The van der Waals surface area contributed by atoms with Crippen molar-refractivity contribution in [3.05, 3.63) is 84.9 Å². The molecule has 3 aromatic carbocycles. The van der Waals surface area contributed by atoms with Crippen LogP contribution in [0.2, 0.25) is 0 Å². The third kappa shape index (κ3) is 3.26. The van der Waals surface area contributed by atoms with Crippen molar-refractivity contribution in [2.75, 3.05) is 6.26 Å². The Bertz CT molecular complexity index is 862. The minimum absolute atomic E-state index is 0.732. The fourth-order valence-corrected chi connectivity index (χ4v) is 3.56. The van der Waals surface area contributed by atoms with Gasteiger partial charge in [-0.15, -0.1) is 0 Å². The standard InChI is InChI=1S/C19H17NOS/c1-22(21,19-10-6-3-7-11-19)20-18-14-12-17(13-15-18)16-8-4-2-5-9-16/h2-15H,1H3. The fourth-order valence-electron chi connectivity index (χ4n) is 2.27. The summed E-state index contributed by atoms with van der Waals surface area (Å²) in [6.07, 6.45) is 1.67. The van der Waals surface area contributed by atoms with Gasteiger partial charge in [0.25, 0.3) is 0 Å². The Morgan fingerprint density at radius 2 is 1.18 bits per heavy atom. The number of rotatable bonds is 3. The van der Waals surface area contributed by atoms with Gasteiger partial charge in [-0.05, 0) is 35.4 Å². The minimum Gasteiger partial charge on any atom is -0.245 e. The molecule has 3 rings (SSSR count). The van der Waals surface area contributed by atoms with E-state index in [0.29, 0.717) is 0 Å². The van der Waals surface area contributed by atoms with Crippen molar-refractivity contribution >= 4 is 15.4 Å². The van der Waals surface area contributed by atoms with Crippen LogP contribution in [0.25, 0.3) is 11.1 Å². The van der Waals surface area contributed by atoms with Crippen LogP contribution in [0.5, 0.6) is 0 Å². The highest BCUT2D eigenvalue weighted by Crippen LogP contribution is 2.24. The van der Waals surface area contributed by atoms with Crippen LogP contribution in [0.4, 0.5) is 5.69 Å².